The number of nitrogens with zero attached hydrogens (tertiary/aromatic N) is 2. The summed E-state index contributed by atoms with van der Waals surface area (Å²) in [5.41, 5.74) is 6.89. The fraction of sp³-hybridized carbons (Fsp3) is 0.630. The predicted octanol–water partition coefficient (Wildman–Crippen LogP) is 5.34. The van der Waals surface area contributed by atoms with Gasteiger partial charge in [0, 0.05) is 41.2 Å². The molecule has 0 radical (unpaired) electrons. The molecule has 1 aliphatic carbocycles. The van der Waals surface area contributed by atoms with Gasteiger partial charge in [-0.25, -0.2) is 4.39 Å². The van der Waals surface area contributed by atoms with Crippen molar-refractivity contribution in [1.29, 1.82) is 0 Å². The van der Waals surface area contributed by atoms with Crippen LogP contribution in [0.15, 0.2) is 24.4 Å². The number of piperidine rings is 1. The second-order valence-electron chi connectivity index (χ2n) is 9.99. The molecule has 1 aromatic heterocycles. The van der Waals surface area contributed by atoms with Gasteiger partial charge in [-0.05, 0) is 75.4 Å². The number of methoxy groups -OCH3 is 1. The van der Waals surface area contributed by atoms with Gasteiger partial charge in [-0.3, -0.25) is 9.78 Å². The molecule has 2 fully saturated rings. The molecule has 8 heteroatoms. The summed E-state index contributed by atoms with van der Waals surface area (Å²) >= 11 is 2.07. The number of carboxylic acids is 1. The Hall–Kier alpha value is -1.90. The maximum atomic E-state index is 15.8. The molecule has 0 bridgehead atoms. The Balaban J connectivity index is 1.40. The predicted molar refractivity (Wildman–Crippen MR) is 140 cm³/mol. The van der Waals surface area contributed by atoms with Crippen LogP contribution in [0.25, 0.3) is 10.9 Å². The van der Waals surface area contributed by atoms with E-state index in [2.05, 4.69) is 21.6 Å². The van der Waals surface area contributed by atoms with Crippen molar-refractivity contribution in [2.24, 2.45) is 11.1 Å². The van der Waals surface area contributed by atoms with Crippen molar-refractivity contribution in [2.45, 2.75) is 69.3 Å². The number of pyridine rings is 1. The molecule has 1 saturated carbocycles. The van der Waals surface area contributed by atoms with E-state index in [9.17, 15) is 9.90 Å². The minimum absolute atomic E-state index is 0.146. The first-order valence-electron chi connectivity index (χ1n) is 12.8. The monoisotopic (exact) mass is 503 g/mol. The highest BCUT2D eigenvalue weighted by molar-refractivity contribution is 7.99. The Morgan fingerprint density at radius 3 is 2.74 bits per heavy atom. The topological polar surface area (TPSA) is 88.7 Å². The average molecular weight is 504 g/mol. The molecule has 1 aromatic carbocycles. The Morgan fingerprint density at radius 1 is 1.34 bits per heavy atom. The number of halogens is 1. The number of aromatic nitrogens is 1. The first kappa shape index (κ1) is 26.2. The number of hydrogen-bond donors (Lipinski definition) is 2. The minimum Gasteiger partial charge on any atom is -0.497 e. The lowest BCUT2D eigenvalue weighted by Crippen LogP contribution is -2.45. The highest BCUT2D eigenvalue weighted by Crippen LogP contribution is 2.41. The van der Waals surface area contributed by atoms with Crippen molar-refractivity contribution in [3.63, 3.8) is 0 Å². The van der Waals surface area contributed by atoms with Crippen LogP contribution in [0.1, 0.15) is 68.7 Å². The lowest BCUT2D eigenvalue weighted by atomic mass is 9.74. The zero-order valence-corrected chi connectivity index (χ0v) is 21.5. The average Bonchev–Trinajstić information content (AvgIpc) is 3.40. The zero-order valence-electron chi connectivity index (χ0n) is 20.7. The SMILES string of the molecule is COc1ccc2ncc(CN)c([C@@H](F)CCC3(C(=O)O)CCN(CCSC4CCCC4)CC3)c2c1. The van der Waals surface area contributed by atoms with Gasteiger partial charge in [0.2, 0.25) is 0 Å². The lowest BCUT2D eigenvalue weighted by Gasteiger charge is -2.39. The Bertz CT molecular complexity index is 1000. The van der Waals surface area contributed by atoms with Gasteiger partial charge in [0.15, 0.2) is 0 Å². The molecule has 6 nitrogen and oxygen atoms in total. The molecule has 2 aliphatic rings. The van der Waals surface area contributed by atoms with Crippen LogP contribution in [0.5, 0.6) is 5.75 Å². The quantitative estimate of drug-likeness (QED) is 0.428. The number of ether oxygens (including phenoxy) is 1. The summed E-state index contributed by atoms with van der Waals surface area (Å²) in [6.07, 6.45) is 7.29. The number of thioether (sulfide) groups is 1. The summed E-state index contributed by atoms with van der Waals surface area (Å²) in [6, 6.07) is 5.40. The van der Waals surface area contributed by atoms with E-state index >= 15 is 4.39 Å². The second kappa shape index (κ2) is 11.9. The zero-order chi connectivity index (χ0) is 24.8. The molecule has 192 valence electrons. The first-order chi connectivity index (χ1) is 17.0. The van der Waals surface area contributed by atoms with Gasteiger partial charge in [-0.2, -0.15) is 11.8 Å². The van der Waals surface area contributed by atoms with Crippen LogP contribution in [0.2, 0.25) is 0 Å². The standard InChI is InChI=1S/C27H38FN3O3S/c1-34-20-6-7-24-22(16-20)25(19(17-29)18-30-24)23(28)8-9-27(26(32)33)10-12-31(13-11-27)14-15-35-21-4-2-3-5-21/h6-7,16,18,21,23H,2-5,8-15,17,29H2,1H3,(H,32,33)/t23-/m0/s1. The number of rotatable bonds is 11. The third-order valence-electron chi connectivity index (χ3n) is 7.94. The van der Waals surface area contributed by atoms with Gasteiger partial charge in [0.05, 0.1) is 18.0 Å². The van der Waals surface area contributed by atoms with E-state index in [1.807, 2.05) is 6.07 Å². The van der Waals surface area contributed by atoms with Gasteiger partial charge >= 0.3 is 5.97 Å². The molecular formula is C27H38FN3O3S. The van der Waals surface area contributed by atoms with Gasteiger partial charge in [-0.1, -0.05) is 12.8 Å². The van der Waals surface area contributed by atoms with E-state index in [1.165, 1.54) is 25.7 Å². The third-order valence-corrected chi connectivity index (χ3v) is 9.30. The maximum Gasteiger partial charge on any atom is 0.309 e. The largest absolute Gasteiger partial charge is 0.497 e. The summed E-state index contributed by atoms with van der Waals surface area (Å²) < 4.78 is 21.1. The second-order valence-corrected chi connectivity index (χ2v) is 11.4. The number of fused-ring (bicyclic) bond motifs is 1. The number of likely N-dealkylation sites (tertiary alicyclic amines) is 1. The molecule has 1 saturated heterocycles. The van der Waals surface area contributed by atoms with Crippen LogP contribution in [-0.4, -0.2) is 58.7 Å². The molecule has 35 heavy (non-hydrogen) atoms. The van der Waals surface area contributed by atoms with Crippen LogP contribution in [0, 0.1) is 5.41 Å². The normalized spacial score (nSPS) is 19.7. The number of hydrogen-bond acceptors (Lipinski definition) is 6. The third kappa shape index (κ3) is 6.09. The summed E-state index contributed by atoms with van der Waals surface area (Å²) in [5.74, 6) is 0.935. The molecule has 2 aromatic rings. The summed E-state index contributed by atoms with van der Waals surface area (Å²) in [4.78, 5) is 19.1. The van der Waals surface area contributed by atoms with Crippen LogP contribution in [0.3, 0.4) is 0 Å². The summed E-state index contributed by atoms with van der Waals surface area (Å²) in [5, 5.41) is 11.6. The Labute approximate surface area is 211 Å². The van der Waals surface area contributed by atoms with E-state index in [0.717, 1.165) is 30.6 Å². The van der Waals surface area contributed by atoms with Crippen molar-refractivity contribution in [2.75, 3.05) is 32.5 Å². The van der Waals surface area contributed by atoms with Crippen LogP contribution in [0.4, 0.5) is 4.39 Å². The van der Waals surface area contributed by atoms with E-state index in [4.69, 9.17) is 10.5 Å². The molecule has 2 heterocycles. The highest BCUT2D eigenvalue weighted by atomic mass is 32.2. The lowest BCUT2D eigenvalue weighted by molar-refractivity contribution is -0.153. The molecule has 4 rings (SSSR count). The first-order valence-corrected chi connectivity index (χ1v) is 13.9. The highest BCUT2D eigenvalue weighted by Gasteiger charge is 2.41. The molecule has 1 aliphatic heterocycles. The molecule has 3 N–H and O–H groups in total. The minimum atomic E-state index is -1.32. The number of carbonyl (C=O) groups is 1. The molecule has 1 atom stereocenters. The number of benzene rings is 1. The fourth-order valence-corrected chi connectivity index (χ4v) is 6.98. The fourth-order valence-electron chi connectivity index (χ4n) is 5.62. The summed E-state index contributed by atoms with van der Waals surface area (Å²) in [6.45, 7) is 2.71. The molecule has 0 unspecified atom stereocenters. The van der Waals surface area contributed by atoms with Gasteiger partial charge < -0.3 is 20.5 Å². The molecule has 0 spiro atoms. The van der Waals surface area contributed by atoms with Crippen molar-refractivity contribution < 1.29 is 19.0 Å². The Kier molecular flexibility index (Phi) is 8.89. The van der Waals surface area contributed by atoms with Gasteiger partial charge in [0.1, 0.15) is 11.9 Å². The molecule has 0 amide bonds. The van der Waals surface area contributed by atoms with Crippen molar-refractivity contribution in [1.82, 2.24) is 9.88 Å². The number of carboxylic acid groups (broad SMARTS) is 1. The van der Waals surface area contributed by atoms with Crippen molar-refractivity contribution in [3.05, 3.63) is 35.5 Å². The van der Waals surface area contributed by atoms with Crippen LogP contribution < -0.4 is 10.5 Å². The van der Waals surface area contributed by atoms with E-state index in [1.54, 1.807) is 25.4 Å². The Morgan fingerprint density at radius 2 is 2.09 bits per heavy atom. The maximum absolute atomic E-state index is 15.8. The van der Waals surface area contributed by atoms with E-state index in [-0.39, 0.29) is 13.0 Å². The number of nitrogens with two attached hydrogens (primary N) is 1. The van der Waals surface area contributed by atoms with Crippen molar-refractivity contribution in [3.8, 4) is 5.75 Å². The van der Waals surface area contributed by atoms with Gasteiger partial charge in [0.25, 0.3) is 0 Å². The molecular weight excluding hydrogens is 465 g/mol. The number of alkyl halides is 1. The van der Waals surface area contributed by atoms with E-state index in [0.29, 0.717) is 47.0 Å². The van der Waals surface area contributed by atoms with E-state index < -0.39 is 17.6 Å². The van der Waals surface area contributed by atoms with Crippen LogP contribution in [-0.2, 0) is 11.3 Å². The van der Waals surface area contributed by atoms with Crippen molar-refractivity contribution >= 4 is 28.6 Å². The summed E-state index contributed by atoms with van der Waals surface area (Å²) in [7, 11) is 1.57. The number of aliphatic carboxylic acids is 1. The smallest absolute Gasteiger partial charge is 0.309 e. The van der Waals surface area contributed by atoms with Crippen LogP contribution >= 0.6 is 11.8 Å². The van der Waals surface area contributed by atoms with Gasteiger partial charge in [-0.15, -0.1) is 0 Å².